The number of aliphatic hydroxyl groups is 1. The van der Waals surface area contributed by atoms with Crippen molar-refractivity contribution in [3.8, 4) is 0 Å². The third kappa shape index (κ3) is 5.03. The first-order chi connectivity index (χ1) is 11.0. The molecule has 0 aliphatic carbocycles. The van der Waals surface area contributed by atoms with Gasteiger partial charge in [-0.3, -0.25) is 0 Å². The lowest BCUT2D eigenvalue weighted by Crippen LogP contribution is -2.43. The number of hydrogen-bond donors (Lipinski definition) is 3. The average Bonchev–Trinajstić information content (AvgIpc) is 2.97. The van der Waals surface area contributed by atoms with Gasteiger partial charge in [-0.15, -0.1) is 0 Å². The molecule has 1 aromatic heterocycles. The number of carbonyl (C=O) groups excluding carboxylic acids is 1. The highest BCUT2D eigenvalue weighted by Crippen LogP contribution is 2.17. The minimum Gasteiger partial charge on any atom is -0.386 e. The van der Waals surface area contributed by atoms with Crippen molar-refractivity contribution in [1.29, 1.82) is 0 Å². The van der Waals surface area contributed by atoms with Gasteiger partial charge in [0.1, 0.15) is 11.6 Å². The minimum atomic E-state index is -1.26. The number of rotatable bonds is 6. The van der Waals surface area contributed by atoms with Gasteiger partial charge in [-0.1, -0.05) is 6.07 Å². The molecule has 1 heterocycles. The lowest BCUT2D eigenvalue weighted by molar-refractivity contribution is 0.168. The molecule has 0 spiro atoms. The van der Waals surface area contributed by atoms with Gasteiger partial charge >= 0.3 is 6.03 Å². The maximum Gasteiger partial charge on any atom is 0.315 e. The van der Waals surface area contributed by atoms with Crippen LogP contribution in [0.3, 0.4) is 0 Å². The smallest absolute Gasteiger partial charge is 0.315 e. The second kappa shape index (κ2) is 7.68. The maximum atomic E-state index is 13.5. The molecule has 0 radical (unpaired) electrons. The first-order valence-electron chi connectivity index (χ1n) is 7.09. The number of halogens is 2. The molecule has 23 heavy (non-hydrogen) atoms. The second-order valence-corrected chi connectivity index (χ2v) is 5.20. The summed E-state index contributed by atoms with van der Waals surface area (Å²) in [5, 5.41) is 15.0. The summed E-state index contributed by atoms with van der Waals surface area (Å²) < 4.78 is 28.1. The molecule has 0 saturated heterocycles. The topological polar surface area (TPSA) is 79.2 Å². The Morgan fingerprint density at radius 2 is 2.22 bits per heavy atom. The van der Waals surface area contributed by atoms with E-state index in [2.05, 4.69) is 15.6 Å². The van der Waals surface area contributed by atoms with Crippen LogP contribution in [0.15, 0.2) is 36.9 Å². The minimum absolute atomic E-state index is 0.0711. The monoisotopic (exact) mass is 324 g/mol. The summed E-state index contributed by atoms with van der Waals surface area (Å²) in [7, 11) is 0. The van der Waals surface area contributed by atoms with E-state index in [0.29, 0.717) is 12.6 Å². The van der Waals surface area contributed by atoms with Gasteiger partial charge in [0.25, 0.3) is 0 Å². The average molecular weight is 324 g/mol. The Labute approximate surface area is 132 Å². The van der Waals surface area contributed by atoms with Crippen LogP contribution in [0, 0.1) is 11.6 Å². The van der Waals surface area contributed by atoms with Gasteiger partial charge in [0.2, 0.25) is 0 Å². The van der Waals surface area contributed by atoms with Gasteiger partial charge in [-0.05, 0) is 13.0 Å². The van der Waals surface area contributed by atoms with Crippen LogP contribution < -0.4 is 10.6 Å². The third-order valence-electron chi connectivity index (χ3n) is 3.20. The summed E-state index contributed by atoms with van der Waals surface area (Å²) in [6, 6.07) is 2.24. The summed E-state index contributed by atoms with van der Waals surface area (Å²) in [4.78, 5) is 15.6. The lowest BCUT2D eigenvalue weighted by Gasteiger charge is -2.17. The van der Waals surface area contributed by atoms with Gasteiger partial charge in [-0.25, -0.2) is 18.6 Å². The van der Waals surface area contributed by atoms with Crippen molar-refractivity contribution in [3.05, 3.63) is 54.1 Å². The number of aliphatic hydroxyl groups excluding tert-OH is 1. The molecule has 0 unspecified atom stereocenters. The number of nitrogens with zero attached hydrogens (tertiary/aromatic N) is 2. The molecule has 8 heteroatoms. The van der Waals surface area contributed by atoms with E-state index in [0.717, 1.165) is 12.1 Å². The Morgan fingerprint density at radius 1 is 1.43 bits per heavy atom. The van der Waals surface area contributed by atoms with Crippen molar-refractivity contribution in [2.45, 2.75) is 25.6 Å². The number of benzene rings is 1. The number of urea groups is 1. The molecule has 0 saturated carbocycles. The molecular formula is C15H18F2N4O2. The number of nitrogens with one attached hydrogen (secondary N) is 2. The van der Waals surface area contributed by atoms with E-state index in [1.165, 1.54) is 0 Å². The fourth-order valence-corrected chi connectivity index (χ4v) is 2.10. The van der Waals surface area contributed by atoms with Gasteiger partial charge in [-0.2, -0.15) is 0 Å². The molecule has 0 fully saturated rings. The Bertz CT molecular complexity index is 649. The molecule has 2 rings (SSSR count). The van der Waals surface area contributed by atoms with Crippen LogP contribution in [-0.2, 0) is 6.54 Å². The van der Waals surface area contributed by atoms with Gasteiger partial charge in [0.15, 0.2) is 0 Å². The van der Waals surface area contributed by atoms with E-state index in [4.69, 9.17) is 0 Å². The first kappa shape index (κ1) is 16.9. The second-order valence-electron chi connectivity index (χ2n) is 5.20. The molecular weight excluding hydrogens is 306 g/mol. The van der Waals surface area contributed by atoms with Crippen LogP contribution in [0.1, 0.15) is 18.6 Å². The zero-order chi connectivity index (χ0) is 16.8. The van der Waals surface area contributed by atoms with Crippen LogP contribution in [0.4, 0.5) is 13.6 Å². The van der Waals surface area contributed by atoms with Gasteiger partial charge < -0.3 is 20.3 Å². The number of carbonyl (C=O) groups is 1. The SMILES string of the molecule is C[C@@H](Cn1ccnc1)NC(=O)NC[C@@H](O)c1ccc(F)cc1F. The summed E-state index contributed by atoms with van der Waals surface area (Å²) in [6.45, 7) is 2.17. The molecule has 2 atom stereocenters. The Kier molecular flexibility index (Phi) is 5.64. The molecule has 3 N–H and O–H groups in total. The first-order valence-corrected chi connectivity index (χ1v) is 7.09. The molecule has 2 amide bonds. The normalized spacial score (nSPS) is 13.4. The van der Waals surface area contributed by atoms with Crippen LogP contribution in [0.25, 0.3) is 0 Å². The van der Waals surface area contributed by atoms with E-state index < -0.39 is 23.8 Å². The molecule has 2 aromatic rings. The lowest BCUT2D eigenvalue weighted by atomic mass is 10.1. The zero-order valence-corrected chi connectivity index (χ0v) is 12.5. The molecule has 6 nitrogen and oxygen atoms in total. The predicted octanol–water partition coefficient (Wildman–Crippen LogP) is 1.58. The van der Waals surface area contributed by atoms with Crippen molar-refractivity contribution < 1.29 is 18.7 Å². The van der Waals surface area contributed by atoms with Gasteiger partial charge in [0, 0.05) is 43.2 Å². The van der Waals surface area contributed by atoms with Crippen molar-refractivity contribution in [1.82, 2.24) is 20.2 Å². The number of amides is 2. The fraction of sp³-hybridized carbons (Fsp3) is 0.333. The van der Waals surface area contributed by atoms with Crippen molar-refractivity contribution in [3.63, 3.8) is 0 Å². The van der Waals surface area contributed by atoms with Crippen molar-refractivity contribution >= 4 is 6.03 Å². The highest BCUT2D eigenvalue weighted by Gasteiger charge is 2.15. The standard InChI is InChI=1S/C15H18F2N4O2/c1-10(8-21-5-4-18-9-21)20-15(23)19-7-14(22)12-3-2-11(16)6-13(12)17/h2-6,9-10,14,22H,7-8H2,1H3,(H2,19,20,23)/t10-,14+/m0/s1. The van der Waals surface area contributed by atoms with Crippen LogP contribution in [0.5, 0.6) is 0 Å². The molecule has 1 aromatic carbocycles. The van der Waals surface area contributed by atoms with Gasteiger partial charge in [0.05, 0.1) is 12.4 Å². The van der Waals surface area contributed by atoms with E-state index in [1.807, 2.05) is 11.5 Å². The Balaban J connectivity index is 1.79. The summed E-state index contributed by atoms with van der Waals surface area (Å²) in [5.41, 5.74) is -0.0711. The van der Waals surface area contributed by atoms with Crippen LogP contribution >= 0.6 is 0 Å². The highest BCUT2D eigenvalue weighted by molar-refractivity contribution is 5.74. The Hall–Kier alpha value is -2.48. The van der Waals surface area contributed by atoms with E-state index in [9.17, 15) is 18.7 Å². The number of aromatic nitrogens is 2. The maximum absolute atomic E-state index is 13.5. The largest absolute Gasteiger partial charge is 0.386 e. The van der Waals surface area contributed by atoms with E-state index in [1.54, 1.807) is 18.7 Å². The molecule has 124 valence electrons. The predicted molar refractivity (Wildman–Crippen MR) is 79.5 cm³/mol. The van der Waals surface area contributed by atoms with Crippen LogP contribution in [0.2, 0.25) is 0 Å². The summed E-state index contributed by atoms with van der Waals surface area (Å²) >= 11 is 0. The fourth-order valence-electron chi connectivity index (χ4n) is 2.10. The summed E-state index contributed by atoms with van der Waals surface area (Å²) in [5.74, 6) is -1.58. The third-order valence-corrected chi connectivity index (χ3v) is 3.20. The van der Waals surface area contributed by atoms with Crippen molar-refractivity contribution in [2.75, 3.05) is 6.54 Å². The molecule has 0 aliphatic rings. The quantitative estimate of drug-likeness (QED) is 0.755. The highest BCUT2D eigenvalue weighted by atomic mass is 19.1. The van der Waals surface area contributed by atoms with E-state index in [-0.39, 0.29) is 18.2 Å². The molecule has 0 bridgehead atoms. The summed E-state index contributed by atoms with van der Waals surface area (Å²) in [6.07, 6.45) is 3.79. The van der Waals surface area contributed by atoms with Crippen molar-refractivity contribution in [2.24, 2.45) is 0 Å². The zero-order valence-electron chi connectivity index (χ0n) is 12.5. The number of hydrogen-bond acceptors (Lipinski definition) is 3. The van der Waals surface area contributed by atoms with E-state index >= 15 is 0 Å². The molecule has 0 aliphatic heterocycles. The van der Waals surface area contributed by atoms with Crippen LogP contribution in [-0.4, -0.2) is 33.3 Å². The Morgan fingerprint density at radius 3 is 2.87 bits per heavy atom. The number of imidazole rings is 1.